The number of benzene rings is 1. The second-order valence-electron chi connectivity index (χ2n) is 7.70. The topological polar surface area (TPSA) is 41.6 Å². The van der Waals surface area contributed by atoms with Gasteiger partial charge in [-0.25, -0.2) is 0 Å². The van der Waals surface area contributed by atoms with E-state index in [0.717, 1.165) is 36.5 Å². The third kappa shape index (κ3) is 4.41. The minimum Gasteiger partial charge on any atom is -0.459 e. The molecule has 29 heavy (non-hydrogen) atoms. The summed E-state index contributed by atoms with van der Waals surface area (Å²) in [4.78, 5) is 16.9. The highest BCUT2D eigenvalue weighted by Gasteiger charge is 2.29. The molecule has 0 N–H and O–H groups in total. The highest BCUT2D eigenvalue weighted by atomic mass is 35.5. The van der Waals surface area contributed by atoms with Crippen LogP contribution in [0.1, 0.15) is 30.3 Å². The largest absolute Gasteiger partial charge is 0.459 e. The number of carbonyl (C=O) groups excluding carboxylic acids is 1. The summed E-state index contributed by atoms with van der Waals surface area (Å²) in [5.41, 5.74) is 2.24. The van der Waals surface area contributed by atoms with Gasteiger partial charge in [-0.3, -0.25) is 9.69 Å². The summed E-state index contributed by atoms with van der Waals surface area (Å²) in [5.74, 6) is 1.66. The molecule has 1 fully saturated rings. The summed E-state index contributed by atoms with van der Waals surface area (Å²) in [5, 5.41) is 0.696. The normalized spacial score (nSPS) is 17.0. The van der Waals surface area contributed by atoms with E-state index in [1.165, 1.54) is 5.69 Å². The van der Waals surface area contributed by atoms with E-state index in [1.807, 2.05) is 43.4 Å². The fourth-order valence-electron chi connectivity index (χ4n) is 4.02. The lowest BCUT2D eigenvalue weighted by Crippen LogP contribution is -2.38. The van der Waals surface area contributed by atoms with Crippen LogP contribution in [0.25, 0.3) is 11.3 Å². The van der Waals surface area contributed by atoms with Gasteiger partial charge in [0.1, 0.15) is 11.5 Å². The van der Waals surface area contributed by atoms with Gasteiger partial charge in [0.15, 0.2) is 0 Å². The smallest absolute Gasteiger partial charge is 0.236 e. The summed E-state index contributed by atoms with van der Waals surface area (Å²) in [6.45, 7) is 1.84. The van der Waals surface area contributed by atoms with Crippen molar-refractivity contribution in [3.63, 3.8) is 0 Å². The number of aryl methyl sites for hydroxylation is 1. The number of likely N-dealkylation sites (tertiary alicyclic amines) is 1. The SMILES string of the molecule is CN(Cc1ccc(-c2ccc(Cl)cc2)o1)C(=O)CN1CCC[C@@H]1c1cccn1C. The predicted octanol–water partition coefficient (Wildman–Crippen LogP) is 4.73. The molecule has 5 nitrogen and oxygen atoms in total. The van der Waals surface area contributed by atoms with Crippen LogP contribution in [-0.4, -0.2) is 40.4 Å². The number of nitrogens with zero attached hydrogens (tertiary/aromatic N) is 3. The molecule has 3 heterocycles. The van der Waals surface area contributed by atoms with Gasteiger partial charge in [-0.05, 0) is 67.9 Å². The van der Waals surface area contributed by atoms with Crippen LogP contribution in [-0.2, 0) is 18.4 Å². The maximum Gasteiger partial charge on any atom is 0.236 e. The summed E-state index contributed by atoms with van der Waals surface area (Å²) in [6, 6.07) is 15.9. The van der Waals surface area contributed by atoms with E-state index in [-0.39, 0.29) is 5.91 Å². The van der Waals surface area contributed by atoms with Crippen molar-refractivity contribution in [1.29, 1.82) is 0 Å². The van der Waals surface area contributed by atoms with Crippen molar-refractivity contribution in [2.45, 2.75) is 25.4 Å². The second kappa shape index (κ2) is 8.47. The average molecular weight is 412 g/mol. The molecule has 152 valence electrons. The second-order valence-corrected chi connectivity index (χ2v) is 8.13. The van der Waals surface area contributed by atoms with Gasteiger partial charge in [-0.2, -0.15) is 0 Å². The van der Waals surface area contributed by atoms with Crippen molar-refractivity contribution in [3.8, 4) is 11.3 Å². The lowest BCUT2D eigenvalue weighted by Gasteiger charge is -2.26. The van der Waals surface area contributed by atoms with Crippen molar-refractivity contribution in [1.82, 2.24) is 14.4 Å². The van der Waals surface area contributed by atoms with Crippen molar-refractivity contribution < 1.29 is 9.21 Å². The first kappa shape index (κ1) is 19.8. The Balaban J connectivity index is 1.37. The van der Waals surface area contributed by atoms with Gasteiger partial charge >= 0.3 is 0 Å². The zero-order valence-corrected chi connectivity index (χ0v) is 17.6. The number of halogens is 1. The molecule has 0 unspecified atom stereocenters. The zero-order valence-electron chi connectivity index (χ0n) is 16.8. The fraction of sp³-hybridized carbons (Fsp3) is 0.348. The summed E-state index contributed by atoms with van der Waals surface area (Å²) < 4.78 is 8.09. The quantitative estimate of drug-likeness (QED) is 0.588. The van der Waals surface area contributed by atoms with Crippen LogP contribution >= 0.6 is 11.6 Å². The number of furan rings is 1. The maximum absolute atomic E-state index is 12.8. The van der Waals surface area contributed by atoms with E-state index < -0.39 is 0 Å². The molecule has 0 bridgehead atoms. The number of hydrogen-bond acceptors (Lipinski definition) is 3. The number of likely N-dealkylation sites (N-methyl/N-ethyl adjacent to an activating group) is 1. The van der Waals surface area contributed by atoms with Gasteiger partial charge in [0.05, 0.1) is 19.1 Å². The van der Waals surface area contributed by atoms with Crippen molar-refractivity contribution in [2.75, 3.05) is 20.1 Å². The summed E-state index contributed by atoms with van der Waals surface area (Å²) in [7, 11) is 3.90. The third-order valence-electron chi connectivity index (χ3n) is 5.64. The number of aromatic nitrogens is 1. The Kier molecular flexibility index (Phi) is 5.79. The Morgan fingerprint density at radius 2 is 2.00 bits per heavy atom. The van der Waals surface area contributed by atoms with Gasteiger partial charge in [0.2, 0.25) is 5.91 Å². The first-order valence-corrected chi connectivity index (χ1v) is 10.3. The van der Waals surface area contributed by atoms with E-state index >= 15 is 0 Å². The van der Waals surface area contributed by atoms with Gasteiger partial charge in [-0.15, -0.1) is 0 Å². The number of amides is 1. The molecular formula is C23H26ClN3O2. The minimum atomic E-state index is 0.107. The summed E-state index contributed by atoms with van der Waals surface area (Å²) >= 11 is 5.95. The maximum atomic E-state index is 12.8. The highest BCUT2D eigenvalue weighted by molar-refractivity contribution is 6.30. The number of hydrogen-bond donors (Lipinski definition) is 0. The molecule has 0 aliphatic carbocycles. The average Bonchev–Trinajstić information content (AvgIpc) is 3.44. The Hall–Kier alpha value is -2.50. The minimum absolute atomic E-state index is 0.107. The van der Waals surface area contributed by atoms with Crippen LogP contribution in [0.3, 0.4) is 0 Å². The van der Waals surface area contributed by atoms with Gasteiger partial charge < -0.3 is 13.9 Å². The van der Waals surface area contributed by atoms with Crippen molar-refractivity contribution in [3.05, 3.63) is 71.2 Å². The van der Waals surface area contributed by atoms with Gasteiger partial charge in [-0.1, -0.05) is 11.6 Å². The molecule has 3 aromatic rings. The molecule has 1 atom stereocenters. The molecule has 0 spiro atoms. The van der Waals surface area contributed by atoms with Gasteiger partial charge in [0.25, 0.3) is 0 Å². The standard InChI is InChI=1S/C23H26ClN3O2/c1-25-13-3-5-20(25)21-6-4-14-27(21)16-23(28)26(2)15-19-11-12-22(29-19)17-7-9-18(24)10-8-17/h3,5,7-13,21H,4,6,14-16H2,1-2H3/t21-/m1/s1. The lowest BCUT2D eigenvalue weighted by molar-refractivity contribution is -0.132. The molecule has 6 heteroatoms. The Bertz CT molecular complexity index is 976. The Morgan fingerprint density at radius 1 is 1.21 bits per heavy atom. The van der Waals surface area contributed by atoms with Crippen LogP contribution in [0.2, 0.25) is 5.02 Å². The van der Waals surface area contributed by atoms with Crippen molar-refractivity contribution in [2.24, 2.45) is 7.05 Å². The van der Waals surface area contributed by atoms with Gasteiger partial charge in [0, 0.05) is 36.6 Å². The first-order chi connectivity index (χ1) is 14.0. The van der Waals surface area contributed by atoms with E-state index in [4.69, 9.17) is 16.0 Å². The van der Waals surface area contributed by atoms with Crippen LogP contribution in [0.4, 0.5) is 0 Å². The van der Waals surface area contributed by atoms with Crippen LogP contribution in [0, 0.1) is 0 Å². The third-order valence-corrected chi connectivity index (χ3v) is 5.89. The number of carbonyl (C=O) groups is 1. The molecule has 1 amide bonds. The van der Waals surface area contributed by atoms with E-state index in [9.17, 15) is 4.79 Å². The molecule has 1 saturated heterocycles. The van der Waals surface area contributed by atoms with Crippen LogP contribution in [0.5, 0.6) is 0 Å². The van der Waals surface area contributed by atoms with Crippen LogP contribution < -0.4 is 0 Å². The molecule has 0 radical (unpaired) electrons. The Morgan fingerprint density at radius 3 is 2.72 bits per heavy atom. The predicted molar refractivity (Wildman–Crippen MR) is 115 cm³/mol. The molecule has 1 aliphatic heterocycles. The monoisotopic (exact) mass is 411 g/mol. The molecule has 1 aromatic carbocycles. The van der Waals surface area contributed by atoms with E-state index in [0.29, 0.717) is 24.2 Å². The zero-order chi connectivity index (χ0) is 20.4. The van der Waals surface area contributed by atoms with E-state index in [2.05, 4.69) is 34.8 Å². The van der Waals surface area contributed by atoms with E-state index in [1.54, 1.807) is 4.90 Å². The van der Waals surface area contributed by atoms with Crippen LogP contribution in [0.15, 0.2) is 59.1 Å². The number of rotatable bonds is 6. The fourth-order valence-corrected chi connectivity index (χ4v) is 4.15. The Labute approximate surface area is 176 Å². The molecule has 4 rings (SSSR count). The molecule has 2 aromatic heterocycles. The molecule has 1 aliphatic rings. The lowest BCUT2D eigenvalue weighted by atomic mass is 10.1. The first-order valence-electron chi connectivity index (χ1n) is 9.95. The summed E-state index contributed by atoms with van der Waals surface area (Å²) in [6.07, 6.45) is 4.28. The molecule has 0 saturated carbocycles. The highest BCUT2D eigenvalue weighted by Crippen LogP contribution is 2.31. The molecular weight excluding hydrogens is 386 g/mol. The van der Waals surface area contributed by atoms with Crippen molar-refractivity contribution >= 4 is 17.5 Å².